The Morgan fingerprint density at radius 2 is 1.83 bits per heavy atom. The Bertz CT molecular complexity index is 600. The largest absolute Gasteiger partial charge is 0.350 e. The van der Waals surface area contributed by atoms with Crippen LogP contribution in [0.2, 0.25) is 0 Å². The smallest absolute Gasteiger partial charge is 0.238 e. The Morgan fingerprint density at radius 1 is 1.17 bits per heavy atom. The Labute approximate surface area is 139 Å². The van der Waals surface area contributed by atoms with Gasteiger partial charge in [-0.15, -0.1) is 0 Å². The fourth-order valence-electron chi connectivity index (χ4n) is 2.42. The van der Waals surface area contributed by atoms with E-state index in [0.29, 0.717) is 6.42 Å². The second kappa shape index (κ2) is 9.67. The number of hydrogen-bond donors (Lipinski definition) is 2. The van der Waals surface area contributed by atoms with Gasteiger partial charge >= 0.3 is 0 Å². The lowest BCUT2D eigenvalue weighted by molar-refractivity contribution is -0.121. The maximum absolute atomic E-state index is 11.9. The minimum absolute atomic E-state index is 0.00556. The van der Waals surface area contributed by atoms with Crippen molar-refractivity contribution >= 4 is 15.9 Å². The van der Waals surface area contributed by atoms with E-state index >= 15 is 0 Å². The van der Waals surface area contributed by atoms with E-state index in [-0.39, 0.29) is 16.8 Å². The van der Waals surface area contributed by atoms with Crippen LogP contribution in [0.15, 0.2) is 29.2 Å². The van der Waals surface area contributed by atoms with Gasteiger partial charge in [0, 0.05) is 6.42 Å². The first-order chi connectivity index (χ1) is 10.8. The fraction of sp³-hybridized carbons (Fsp3) is 0.588. The number of rotatable bonds is 10. The SMILES string of the molecule is CCCCCCCCC(=O)NC(C)c1cccc(S(N)(=O)=O)c1. The van der Waals surface area contributed by atoms with Gasteiger partial charge in [0.25, 0.3) is 0 Å². The molecule has 0 aliphatic rings. The normalized spacial score (nSPS) is 12.8. The lowest BCUT2D eigenvalue weighted by Crippen LogP contribution is -2.26. The van der Waals surface area contributed by atoms with Crippen molar-refractivity contribution in [1.82, 2.24) is 5.32 Å². The van der Waals surface area contributed by atoms with Gasteiger partial charge in [0.1, 0.15) is 0 Å². The monoisotopic (exact) mass is 340 g/mol. The first-order valence-corrected chi connectivity index (χ1v) is 9.81. The number of carbonyl (C=O) groups is 1. The molecule has 1 atom stereocenters. The average Bonchev–Trinajstić information content (AvgIpc) is 2.50. The Kier molecular flexibility index (Phi) is 8.26. The molecule has 0 saturated heterocycles. The van der Waals surface area contributed by atoms with E-state index in [2.05, 4.69) is 12.2 Å². The lowest BCUT2D eigenvalue weighted by Gasteiger charge is -2.15. The highest BCUT2D eigenvalue weighted by atomic mass is 32.2. The van der Waals surface area contributed by atoms with Crippen LogP contribution in [-0.4, -0.2) is 14.3 Å². The molecule has 0 heterocycles. The second-order valence-corrected chi connectivity index (χ2v) is 7.49. The molecular formula is C17H28N2O3S. The number of amides is 1. The number of hydrogen-bond acceptors (Lipinski definition) is 3. The fourth-order valence-corrected chi connectivity index (χ4v) is 2.99. The molecule has 0 saturated carbocycles. The summed E-state index contributed by atoms with van der Waals surface area (Å²) < 4.78 is 22.7. The van der Waals surface area contributed by atoms with Crippen LogP contribution in [-0.2, 0) is 14.8 Å². The second-order valence-electron chi connectivity index (χ2n) is 5.92. The zero-order chi connectivity index (χ0) is 17.3. The Hall–Kier alpha value is -1.40. The van der Waals surface area contributed by atoms with Crippen molar-refractivity contribution in [3.05, 3.63) is 29.8 Å². The molecule has 0 spiro atoms. The third kappa shape index (κ3) is 7.61. The molecule has 1 rings (SSSR count). The average molecular weight is 340 g/mol. The van der Waals surface area contributed by atoms with E-state index in [1.807, 2.05) is 6.92 Å². The number of benzene rings is 1. The summed E-state index contributed by atoms with van der Waals surface area (Å²) in [7, 11) is -3.73. The van der Waals surface area contributed by atoms with Gasteiger partial charge in [0.15, 0.2) is 0 Å². The number of primary sulfonamides is 1. The van der Waals surface area contributed by atoms with Crippen LogP contribution in [0.5, 0.6) is 0 Å². The van der Waals surface area contributed by atoms with E-state index in [0.717, 1.165) is 18.4 Å². The molecule has 1 aromatic rings. The van der Waals surface area contributed by atoms with Crippen LogP contribution in [0.25, 0.3) is 0 Å². The molecule has 130 valence electrons. The van der Waals surface area contributed by atoms with Crippen LogP contribution < -0.4 is 10.5 Å². The summed E-state index contributed by atoms with van der Waals surface area (Å²) in [6.45, 7) is 4.02. The molecule has 3 N–H and O–H groups in total. The number of unbranched alkanes of at least 4 members (excludes halogenated alkanes) is 5. The highest BCUT2D eigenvalue weighted by molar-refractivity contribution is 7.89. The summed E-state index contributed by atoms with van der Waals surface area (Å²) in [5, 5.41) is 8.03. The van der Waals surface area contributed by atoms with Crippen LogP contribution in [0.1, 0.15) is 70.4 Å². The molecule has 6 heteroatoms. The van der Waals surface area contributed by atoms with Crippen molar-refractivity contribution in [2.24, 2.45) is 5.14 Å². The predicted molar refractivity (Wildman–Crippen MR) is 92.4 cm³/mol. The zero-order valence-electron chi connectivity index (χ0n) is 14.0. The van der Waals surface area contributed by atoms with Gasteiger partial charge in [0.05, 0.1) is 10.9 Å². The zero-order valence-corrected chi connectivity index (χ0v) is 14.9. The summed E-state index contributed by atoms with van der Waals surface area (Å²) in [5.41, 5.74) is 0.729. The molecule has 1 amide bonds. The maximum atomic E-state index is 11.9. The summed E-state index contributed by atoms with van der Waals surface area (Å²) in [4.78, 5) is 12.0. The van der Waals surface area contributed by atoms with Crippen molar-refractivity contribution in [2.45, 2.75) is 69.7 Å². The minimum atomic E-state index is -3.73. The minimum Gasteiger partial charge on any atom is -0.350 e. The van der Waals surface area contributed by atoms with Gasteiger partial charge in [-0.1, -0.05) is 51.2 Å². The molecule has 0 bridgehead atoms. The van der Waals surface area contributed by atoms with Crippen LogP contribution in [0.3, 0.4) is 0 Å². The van der Waals surface area contributed by atoms with Crippen molar-refractivity contribution in [2.75, 3.05) is 0 Å². The van der Waals surface area contributed by atoms with E-state index in [1.165, 1.54) is 37.8 Å². The van der Waals surface area contributed by atoms with Gasteiger partial charge in [0.2, 0.25) is 15.9 Å². The third-order valence-electron chi connectivity index (χ3n) is 3.82. The van der Waals surface area contributed by atoms with Crippen molar-refractivity contribution in [3.63, 3.8) is 0 Å². The molecule has 0 aromatic heterocycles. The van der Waals surface area contributed by atoms with Crippen molar-refractivity contribution in [3.8, 4) is 0 Å². The topological polar surface area (TPSA) is 89.3 Å². The first-order valence-electron chi connectivity index (χ1n) is 8.26. The summed E-state index contributed by atoms with van der Waals surface area (Å²) in [5.74, 6) is -0.00556. The molecule has 0 radical (unpaired) electrons. The molecule has 1 unspecified atom stereocenters. The number of nitrogens with two attached hydrogens (primary N) is 1. The highest BCUT2D eigenvalue weighted by Crippen LogP contribution is 2.17. The molecule has 0 aliphatic heterocycles. The summed E-state index contributed by atoms with van der Waals surface area (Å²) in [6, 6.07) is 6.12. The number of nitrogens with one attached hydrogen (secondary N) is 1. The van der Waals surface area contributed by atoms with Gasteiger partial charge < -0.3 is 5.32 Å². The summed E-state index contributed by atoms with van der Waals surface area (Å²) >= 11 is 0. The molecule has 23 heavy (non-hydrogen) atoms. The molecule has 1 aromatic carbocycles. The van der Waals surface area contributed by atoms with Crippen LogP contribution in [0.4, 0.5) is 0 Å². The molecular weight excluding hydrogens is 312 g/mol. The van der Waals surface area contributed by atoms with Crippen molar-refractivity contribution < 1.29 is 13.2 Å². The Morgan fingerprint density at radius 3 is 2.48 bits per heavy atom. The van der Waals surface area contributed by atoms with E-state index in [1.54, 1.807) is 12.1 Å². The van der Waals surface area contributed by atoms with Crippen LogP contribution >= 0.6 is 0 Å². The van der Waals surface area contributed by atoms with Gasteiger partial charge in [-0.25, -0.2) is 13.6 Å². The lowest BCUT2D eigenvalue weighted by atomic mass is 10.1. The summed E-state index contributed by atoms with van der Waals surface area (Å²) in [6.07, 6.45) is 7.34. The van der Waals surface area contributed by atoms with Crippen LogP contribution in [0, 0.1) is 0 Å². The number of carbonyl (C=O) groups excluding carboxylic acids is 1. The highest BCUT2D eigenvalue weighted by Gasteiger charge is 2.13. The molecule has 0 fully saturated rings. The van der Waals surface area contributed by atoms with E-state index in [9.17, 15) is 13.2 Å². The van der Waals surface area contributed by atoms with Gasteiger partial charge in [-0.2, -0.15) is 0 Å². The molecule has 0 aliphatic carbocycles. The standard InChI is InChI=1S/C17H28N2O3S/c1-3-4-5-6-7-8-12-17(20)19-14(2)15-10-9-11-16(13-15)23(18,21)22/h9-11,13-14H,3-8,12H2,1-2H3,(H,19,20)(H2,18,21,22). The number of sulfonamides is 1. The first kappa shape index (κ1) is 19.6. The van der Waals surface area contributed by atoms with Gasteiger partial charge in [-0.05, 0) is 31.0 Å². The van der Waals surface area contributed by atoms with E-state index in [4.69, 9.17) is 5.14 Å². The van der Waals surface area contributed by atoms with Gasteiger partial charge in [-0.3, -0.25) is 4.79 Å². The Balaban J connectivity index is 2.43. The quantitative estimate of drug-likeness (QED) is 0.641. The predicted octanol–water partition coefficient (Wildman–Crippen LogP) is 3.26. The van der Waals surface area contributed by atoms with Crippen molar-refractivity contribution in [1.29, 1.82) is 0 Å². The third-order valence-corrected chi connectivity index (χ3v) is 4.73. The maximum Gasteiger partial charge on any atom is 0.238 e. The molecule has 5 nitrogen and oxygen atoms in total. The van der Waals surface area contributed by atoms with E-state index < -0.39 is 10.0 Å².